The van der Waals surface area contributed by atoms with Crippen molar-refractivity contribution in [1.29, 1.82) is 0 Å². The quantitative estimate of drug-likeness (QED) is 0.682. The Hall–Kier alpha value is -1.18. The highest BCUT2D eigenvalue weighted by molar-refractivity contribution is 5.39. The van der Waals surface area contributed by atoms with Gasteiger partial charge in [0, 0.05) is 11.6 Å². The second kappa shape index (κ2) is 4.00. The molecule has 0 saturated carbocycles. The maximum absolute atomic E-state index is 5.17. The molecule has 65 valence electrons. The Labute approximate surface area is 73.1 Å². The van der Waals surface area contributed by atoms with E-state index in [-0.39, 0.29) is 0 Å². The molecule has 0 unspecified atom stereocenters. The molecule has 1 rings (SSSR count). The zero-order chi connectivity index (χ0) is 8.97. The highest BCUT2D eigenvalue weighted by Crippen LogP contribution is 2.23. The van der Waals surface area contributed by atoms with Gasteiger partial charge in [-0.2, -0.15) is 0 Å². The first-order chi connectivity index (χ1) is 5.81. The molecule has 0 bridgehead atoms. The van der Waals surface area contributed by atoms with E-state index in [1.807, 2.05) is 12.1 Å². The maximum atomic E-state index is 5.17. The summed E-state index contributed by atoms with van der Waals surface area (Å²) < 4.78 is 10.2. The van der Waals surface area contributed by atoms with Gasteiger partial charge in [-0.1, -0.05) is 6.92 Å². The molecule has 0 fully saturated rings. The molecule has 0 aliphatic rings. The number of ether oxygens (including phenoxy) is 2. The van der Waals surface area contributed by atoms with E-state index in [2.05, 4.69) is 13.0 Å². The molecule has 0 aliphatic carbocycles. The van der Waals surface area contributed by atoms with Crippen LogP contribution in [-0.4, -0.2) is 14.2 Å². The Bertz CT molecular complexity index is 256. The summed E-state index contributed by atoms with van der Waals surface area (Å²) in [5, 5.41) is 0. The van der Waals surface area contributed by atoms with Gasteiger partial charge in [-0.25, -0.2) is 0 Å². The van der Waals surface area contributed by atoms with Crippen molar-refractivity contribution in [2.75, 3.05) is 14.2 Å². The van der Waals surface area contributed by atoms with Gasteiger partial charge in [-0.05, 0) is 18.6 Å². The Morgan fingerprint density at radius 2 is 2.08 bits per heavy atom. The minimum absolute atomic E-state index is 0.782. The summed E-state index contributed by atoms with van der Waals surface area (Å²) in [6.07, 6.45) is 0.924. The van der Waals surface area contributed by atoms with Gasteiger partial charge < -0.3 is 9.47 Å². The third kappa shape index (κ3) is 1.70. The monoisotopic (exact) mass is 165 g/mol. The van der Waals surface area contributed by atoms with E-state index in [0.717, 1.165) is 23.5 Å². The molecular weight excluding hydrogens is 152 g/mol. The molecule has 0 saturated heterocycles. The Kier molecular flexibility index (Phi) is 2.97. The van der Waals surface area contributed by atoms with Crippen LogP contribution >= 0.6 is 0 Å². The van der Waals surface area contributed by atoms with E-state index in [1.54, 1.807) is 14.2 Å². The van der Waals surface area contributed by atoms with Crippen LogP contribution in [0.15, 0.2) is 12.1 Å². The second-order valence-corrected chi connectivity index (χ2v) is 2.44. The van der Waals surface area contributed by atoms with Crippen LogP contribution < -0.4 is 9.47 Å². The molecule has 0 atom stereocenters. The molecule has 1 aromatic carbocycles. The second-order valence-electron chi connectivity index (χ2n) is 2.44. The first-order valence-corrected chi connectivity index (χ1v) is 3.94. The van der Waals surface area contributed by atoms with Crippen molar-refractivity contribution < 1.29 is 9.47 Å². The Balaban J connectivity index is 3.02. The van der Waals surface area contributed by atoms with E-state index in [0.29, 0.717) is 0 Å². The van der Waals surface area contributed by atoms with Crippen molar-refractivity contribution in [3.63, 3.8) is 0 Å². The van der Waals surface area contributed by atoms with Crippen LogP contribution in [0.25, 0.3) is 0 Å². The highest BCUT2D eigenvalue weighted by atomic mass is 16.5. The number of methoxy groups -OCH3 is 2. The molecule has 12 heavy (non-hydrogen) atoms. The smallest absolute Gasteiger partial charge is 0.126 e. The fraction of sp³-hybridized carbons (Fsp3) is 0.400. The van der Waals surface area contributed by atoms with Gasteiger partial charge in [0.2, 0.25) is 0 Å². The molecule has 0 heterocycles. The predicted octanol–water partition coefficient (Wildman–Crippen LogP) is 2.07. The number of hydrogen-bond acceptors (Lipinski definition) is 2. The van der Waals surface area contributed by atoms with Crippen LogP contribution in [0.1, 0.15) is 12.5 Å². The first kappa shape index (κ1) is 8.91. The van der Waals surface area contributed by atoms with Crippen molar-refractivity contribution in [3.05, 3.63) is 23.8 Å². The zero-order valence-corrected chi connectivity index (χ0v) is 7.68. The van der Waals surface area contributed by atoms with Crippen molar-refractivity contribution in [2.45, 2.75) is 13.3 Å². The number of benzene rings is 1. The van der Waals surface area contributed by atoms with E-state index >= 15 is 0 Å². The van der Waals surface area contributed by atoms with Crippen LogP contribution in [-0.2, 0) is 6.42 Å². The highest BCUT2D eigenvalue weighted by Gasteiger charge is 2.02. The summed E-state index contributed by atoms with van der Waals surface area (Å²) in [7, 11) is 3.29. The molecule has 2 heteroatoms. The molecule has 0 aliphatic heterocycles. The third-order valence-electron chi connectivity index (χ3n) is 1.77. The normalized spacial score (nSPS) is 9.58. The molecule has 1 radical (unpaired) electrons. The van der Waals surface area contributed by atoms with Crippen LogP contribution in [0.2, 0.25) is 0 Å². The summed E-state index contributed by atoms with van der Waals surface area (Å²) >= 11 is 0. The van der Waals surface area contributed by atoms with Gasteiger partial charge in [0.1, 0.15) is 11.5 Å². The minimum atomic E-state index is 0.782. The summed E-state index contributed by atoms with van der Waals surface area (Å²) in [5.41, 5.74) is 1.08. The van der Waals surface area contributed by atoms with Gasteiger partial charge in [-0.15, -0.1) is 0 Å². The third-order valence-corrected chi connectivity index (χ3v) is 1.77. The van der Waals surface area contributed by atoms with Crippen molar-refractivity contribution >= 4 is 0 Å². The van der Waals surface area contributed by atoms with Crippen molar-refractivity contribution in [1.82, 2.24) is 0 Å². The van der Waals surface area contributed by atoms with Crippen LogP contribution in [0.3, 0.4) is 0 Å². The molecule has 0 amide bonds. The lowest BCUT2D eigenvalue weighted by atomic mass is 10.1. The van der Waals surface area contributed by atoms with E-state index in [9.17, 15) is 0 Å². The van der Waals surface area contributed by atoms with Gasteiger partial charge >= 0.3 is 0 Å². The molecule has 0 aromatic heterocycles. The van der Waals surface area contributed by atoms with Gasteiger partial charge in [0.15, 0.2) is 0 Å². The van der Waals surface area contributed by atoms with Crippen LogP contribution in [0, 0.1) is 6.07 Å². The lowest BCUT2D eigenvalue weighted by Gasteiger charge is -2.07. The summed E-state index contributed by atoms with van der Waals surface area (Å²) in [5.74, 6) is 1.63. The average molecular weight is 165 g/mol. The maximum Gasteiger partial charge on any atom is 0.126 e. The fourth-order valence-corrected chi connectivity index (χ4v) is 1.06. The largest absolute Gasteiger partial charge is 0.497 e. The standard InChI is InChI=1S/C10H13O2/c1-4-8-5-6-9(11-2)7-10(8)12-3/h6-7H,4H2,1-3H3. The van der Waals surface area contributed by atoms with E-state index in [4.69, 9.17) is 9.47 Å². The number of hydrogen-bond donors (Lipinski definition) is 0. The van der Waals surface area contributed by atoms with Crippen molar-refractivity contribution in [2.24, 2.45) is 0 Å². The molecule has 1 aromatic rings. The summed E-state index contributed by atoms with van der Waals surface area (Å²) in [4.78, 5) is 0. The Morgan fingerprint density at radius 1 is 1.33 bits per heavy atom. The molecule has 0 N–H and O–H groups in total. The van der Waals surface area contributed by atoms with Gasteiger partial charge in [-0.3, -0.25) is 0 Å². The lowest BCUT2D eigenvalue weighted by Crippen LogP contribution is -1.92. The predicted molar refractivity (Wildman–Crippen MR) is 47.8 cm³/mol. The van der Waals surface area contributed by atoms with Gasteiger partial charge in [0.05, 0.1) is 14.2 Å². The minimum Gasteiger partial charge on any atom is -0.497 e. The Morgan fingerprint density at radius 3 is 2.58 bits per heavy atom. The van der Waals surface area contributed by atoms with E-state index < -0.39 is 0 Å². The van der Waals surface area contributed by atoms with Gasteiger partial charge in [0.25, 0.3) is 0 Å². The SMILES string of the molecule is CCc1[c]cc(OC)cc1OC. The lowest BCUT2D eigenvalue weighted by molar-refractivity contribution is 0.391. The summed E-state index contributed by atoms with van der Waals surface area (Å²) in [6.45, 7) is 2.07. The zero-order valence-electron chi connectivity index (χ0n) is 7.68. The van der Waals surface area contributed by atoms with Crippen LogP contribution in [0.5, 0.6) is 11.5 Å². The molecule has 0 spiro atoms. The summed E-state index contributed by atoms with van der Waals surface area (Å²) in [6, 6.07) is 6.80. The van der Waals surface area contributed by atoms with Crippen LogP contribution in [0.4, 0.5) is 0 Å². The topological polar surface area (TPSA) is 18.5 Å². The number of rotatable bonds is 3. The molecular formula is C10H13O2. The fourth-order valence-electron chi connectivity index (χ4n) is 1.06. The average Bonchev–Trinajstić information content (AvgIpc) is 2.16. The van der Waals surface area contributed by atoms with Crippen molar-refractivity contribution in [3.8, 4) is 11.5 Å². The number of aryl methyl sites for hydroxylation is 1. The first-order valence-electron chi connectivity index (χ1n) is 3.94. The van der Waals surface area contributed by atoms with E-state index in [1.165, 1.54) is 0 Å². The molecule has 2 nitrogen and oxygen atoms in total.